The summed E-state index contributed by atoms with van der Waals surface area (Å²) < 4.78 is 39.6. The number of aryl methyl sites for hydroxylation is 3. The number of alkyl halides is 3. The summed E-state index contributed by atoms with van der Waals surface area (Å²) in [6.07, 6.45) is -3.13. The van der Waals surface area contributed by atoms with Crippen LogP contribution in [0.25, 0.3) is 0 Å². The Bertz CT molecular complexity index is 829. The molecule has 0 fully saturated rings. The summed E-state index contributed by atoms with van der Waals surface area (Å²) in [6.45, 7) is 2.74. The van der Waals surface area contributed by atoms with E-state index in [2.05, 4.69) is 66.3 Å². The summed E-state index contributed by atoms with van der Waals surface area (Å²) in [7, 11) is 0. The highest BCUT2D eigenvalue weighted by molar-refractivity contribution is 7.99. The van der Waals surface area contributed by atoms with Gasteiger partial charge in [-0.05, 0) is 50.1 Å². The van der Waals surface area contributed by atoms with Gasteiger partial charge in [-0.25, -0.2) is 0 Å². The van der Waals surface area contributed by atoms with Gasteiger partial charge < -0.3 is 4.74 Å². The zero-order chi connectivity index (χ0) is 21.1. The quantitative estimate of drug-likeness (QED) is 0.389. The molecule has 29 heavy (non-hydrogen) atoms. The molecule has 154 valence electrons. The molecule has 0 spiro atoms. The van der Waals surface area contributed by atoms with E-state index in [9.17, 15) is 13.2 Å². The van der Waals surface area contributed by atoms with E-state index in [-0.39, 0.29) is 5.75 Å². The number of benzene rings is 3. The first-order chi connectivity index (χ1) is 13.8. The molecule has 0 saturated heterocycles. The van der Waals surface area contributed by atoms with Crippen molar-refractivity contribution < 1.29 is 17.9 Å². The predicted molar refractivity (Wildman–Crippen MR) is 115 cm³/mol. The van der Waals surface area contributed by atoms with Crippen LogP contribution in [0.5, 0.6) is 5.75 Å². The van der Waals surface area contributed by atoms with E-state index in [1.165, 1.54) is 28.2 Å². The SMILES string of the molecule is Cc1ccc(OCC(F)(F)F)cc1.Cc1ccc(SCCc2ccccc2)cc1. The molecule has 3 aromatic rings. The van der Waals surface area contributed by atoms with E-state index in [4.69, 9.17) is 0 Å². The molecule has 0 aromatic heterocycles. The minimum atomic E-state index is -4.27. The average molecular weight is 419 g/mol. The van der Waals surface area contributed by atoms with Crippen LogP contribution in [-0.4, -0.2) is 18.5 Å². The van der Waals surface area contributed by atoms with Crippen molar-refractivity contribution in [3.63, 3.8) is 0 Å². The zero-order valence-electron chi connectivity index (χ0n) is 16.6. The molecule has 0 aliphatic heterocycles. The lowest BCUT2D eigenvalue weighted by atomic mass is 10.2. The number of hydrogen-bond acceptors (Lipinski definition) is 2. The van der Waals surface area contributed by atoms with Crippen molar-refractivity contribution in [1.29, 1.82) is 0 Å². The third-order valence-electron chi connectivity index (χ3n) is 3.95. The molecule has 0 heterocycles. The van der Waals surface area contributed by atoms with Crippen LogP contribution in [0.4, 0.5) is 13.2 Å². The van der Waals surface area contributed by atoms with Gasteiger partial charge in [-0.15, -0.1) is 11.8 Å². The monoisotopic (exact) mass is 418 g/mol. The molecule has 3 aromatic carbocycles. The molecule has 1 nitrogen and oxygen atoms in total. The first-order valence-electron chi connectivity index (χ1n) is 9.31. The highest BCUT2D eigenvalue weighted by Gasteiger charge is 2.28. The van der Waals surface area contributed by atoms with Gasteiger partial charge in [0.2, 0.25) is 0 Å². The lowest BCUT2D eigenvalue weighted by Crippen LogP contribution is -2.19. The van der Waals surface area contributed by atoms with Gasteiger partial charge in [-0.1, -0.05) is 65.7 Å². The van der Waals surface area contributed by atoms with E-state index in [1.807, 2.05) is 18.7 Å². The van der Waals surface area contributed by atoms with Crippen LogP contribution in [0.1, 0.15) is 16.7 Å². The molecule has 0 unspecified atom stereocenters. The van der Waals surface area contributed by atoms with Gasteiger partial charge in [-0.2, -0.15) is 13.2 Å². The normalized spacial score (nSPS) is 10.8. The third-order valence-corrected chi connectivity index (χ3v) is 4.96. The molecular weight excluding hydrogens is 393 g/mol. The maximum Gasteiger partial charge on any atom is 0.422 e. The second-order valence-corrected chi connectivity index (χ2v) is 7.78. The largest absolute Gasteiger partial charge is 0.484 e. The maximum absolute atomic E-state index is 11.7. The molecule has 0 amide bonds. The van der Waals surface area contributed by atoms with Crippen LogP contribution < -0.4 is 4.74 Å². The lowest BCUT2D eigenvalue weighted by Gasteiger charge is -2.08. The second-order valence-electron chi connectivity index (χ2n) is 6.61. The molecule has 0 saturated carbocycles. The van der Waals surface area contributed by atoms with Crippen molar-refractivity contribution in [2.45, 2.75) is 31.3 Å². The minimum absolute atomic E-state index is 0.239. The highest BCUT2D eigenvalue weighted by atomic mass is 32.2. The Balaban J connectivity index is 0.000000212. The summed E-state index contributed by atoms with van der Waals surface area (Å²) in [6, 6.07) is 25.8. The van der Waals surface area contributed by atoms with Gasteiger partial charge in [0.25, 0.3) is 0 Å². The fourth-order valence-corrected chi connectivity index (χ4v) is 3.27. The Morgan fingerprint density at radius 2 is 1.31 bits per heavy atom. The van der Waals surface area contributed by atoms with Crippen molar-refractivity contribution in [1.82, 2.24) is 0 Å². The van der Waals surface area contributed by atoms with Gasteiger partial charge in [0.15, 0.2) is 6.61 Å². The van der Waals surface area contributed by atoms with Crippen LogP contribution in [0.15, 0.2) is 83.8 Å². The molecule has 0 bridgehead atoms. The number of hydrogen-bond donors (Lipinski definition) is 0. The molecular formula is C24H25F3OS. The van der Waals surface area contributed by atoms with Crippen molar-refractivity contribution in [3.8, 4) is 5.75 Å². The van der Waals surface area contributed by atoms with Crippen LogP contribution >= 0.6 is 11.8 Å². The lowest BCUT2D eigenvalue weighted by molar-refractivity contribution is -0.153. The minimum Gasteiger partial charge on any atom is -0.484 e. The van der Waals surface area contributed by atoms with E-state index in [0.717, 1.165) is 17.7 Å². The molecule has 0 N–H and O–H groups in total. The molecule has 3 rings (SSSR count). The average Bonchev–Trinajstić information content (AvgIpc) is 2.70. The maximum atomic E-state index is 11.7. The van der Waals surface area contributed by atoms with Gasteiger partial charge in [0.05, 0.1) is 0 Å². The Labute approximate surface area is 174 Å². The van der Waals surface area contributed by atoms with Gasteiger partial charge in [0.1, 0.15) is 5.75 Å². The molecule has 0 radical (unpaired) electrons. The van der Waals surface area contributed by atoms with Crippen LogP contribution in [0, 0.1) is 13.8 Å². The number of ether oxygens (including phenoxy) is 1. The Hall–Kier alpha value is -2.40. The van der Waals surface area contributed by atoms with E-state index < -0.39 is 12.8 Å². The van der Waals surface area contributed by atoms with Crippen LogP contribution in [0.2, 0.25) is 0 Å². The Morgan fingerprint density at radius 3 is 1.86 bits per heavy atom. The van der Waals surface area contributed by atoms with Crippen molar-refractivity contribution in [3.05, 3.63) is 95.6 Å². The number of rotatable bonds is 6. The number of halogens is 3. The first kappa shape index (κ1) is 22.9. The summed E-state index contributed by atoms with van der Waals surface area (Å²) >= 11 is 1.92. The highest BCUT2D eigenvalue weighted by Crippen LogP contribution is 2.20. The summed E-state index contributed by atoms with van der Waals surface area (Å²) in [5.41, 5.74) is 3.73. The van der Waals surface area contributed by atoms with E-state index >= 15 is 0 Å². The van der Waals surface area contributed by atoms with Crippen molar-refractivity contribution >= 4 is 11.8 Å². The summed E-state index contributed by atoms with van der Waals surface area (Å²) in [5.74, 6) is 1.38. The summed E-state index contributed by atoms with van der Waals surface area (Å²) in [5, 5.41) is 0. The fraction of sp³-hybridized carbons (Fsp3) is 0.250. The van der Waals surface area contributed by atoms with Crippen molar-refractivity contribution in [2.75, 3.05) is 12.4 Å². The molecule has 0 aliphatic carbocycles. The number of thioether (sulfide) groups is 1. The second kappa shape index (κ2) is 11.6. The van der Waals surface area contributed by atoms with Gasteiger partial charge in [0, 0.05) is 10.6 Å². The molecule has 0 aliphatic rings. The standard InChI is InChI=1S/C15H16S.C9H9F3O/c1-13-7-9-15(10-8-13)16-12-11-14-5-3-2-4-6-14;1-7-2-4-8(5-3-7)13-6-9(10,11)12/h2-10H,11-12H2,1H3;2-5H,6H2,1H3. The van der Waals surface area contributed by atoms with Gasteiger partial charge in [-0.3, -0.25) is 0 Å². The zero-order valence-corrected chi connectivity index (χ0v) is 17.4. The third kappa shape index (κ3) is 10.1. The Morgan fingerprint density at radius 1 is 0.759 bits per heavy atom. The topological polar surface area (TPSA) is 9.23 Å². The van der Waals surface area contributed by atoms with Crippen LogP contribution in [0.3, 0.4) is 0 Å². The van der Waals surface area contributed by atoms with E-state index in [1.54, 1.807) is 12.1 Å². The van der Waals surface area contributed by atoms with Crippen molar-refractivity contribution in [2.24, 2.45) is 0 Å². The first-order valence-corrected chi connectivity index (χ1v) is 10.3. The van der Waals surface area contributed by atoms with Crippen LogP contribution in [-0.2, 0) is 6.42 Å². The Kier molecular flexibility index (Phi) is 9.13. The predicted octanol–water partition coefficient (Wildman–Crippen LogP) is 7.27. The fourth-order valence-electron chi connectivity index (χ4n) is 2.37. The molecule has 5 heteroatoms. The van der Waals surface area contributed by atoms with E-state index in [0.29, 0.717) is 0 Å². The van der Waals surface area contributed by atoms with Gasteiger partial charge >= 0.3 is 6.18 Å². The summed E-state index contributed by atoms with van der Waals surface area (Å²) in [4.78, 5) is 1.36. The smallest absolute Gasteiger partial charge is 0.422 e. The molecule has 0 atom stereocenters.